The molecule has 2 aromatic heterocycles. The molecule has 174 valence electrons. The Morgan fingerprint density at radius 2 is 1.88 bits per heavy atom. The standard InChI is InChI=1S/C26H32N4O2S/c1-31-20-8-6-18(7-9-20)19-10-11-30(16-19)25-24-21-4-2-3-5-22(21)33-26(24)28-23(27-25)17-29-12-14-32-15-13-29/h6-9,19H,2-5,10-17H2,1H3. The van der Waals surface area contributed by atoms with Crippen LogP contribution >= 0.6 is 11.3 Å². The third kappa shape index (κ3) is 4.22. The van der Waals surface area contributed by atoms with Gasteiger partial charge in [0.1, 0.15) is 22.2 Å². The van der Waals surface area contributed by atoms with E-state index in [-0.39, 0.29) is 0 Å². The summed E-state index contributed by atoms with van der Waals surface area (Å²) in [4.78, 5) is 18.0. The summed E-state index contributed by atoms with van der Waals surface area (Å²) < 4.78 is 10.9. The first-order chi connectivity index (χ1) is 16.3. The van der Waals surface area contributed by atoms with Crippen molar-refractivity contribution in [3.63, 3.8) is 0 Å². The molecular formula is C26H32N4O2S. The monoisotopic (exact) mass is 464 g/mol. The molecule has 7 heteroatoms. The number of morpholine rings is 1. The van der Waals surface area contributed by atoms with Gasteiger partial charge in [0.05, 0.1) is 32.3 Å². The summed E-state index contributed by atoms with van der Waals surface area (Å²) in [5, 5.41) is 1.34. The van der Waals surface area contributed by atoms with E-state index in [9.17, 15) is 0 Å². The summed E-state index contributed by atoms with van der Waals surface area (Å²) in [5.41, 5.74) is 2.92. The fraction of sp³-hybridized carbons (Fsp3) is 0.538. The Kier molecular flexibility index (Phi) is 5.94. The van der Waals surface area contributed by atoms with Crippen molar-refractivity contribution < 1.29 is 9.47 Å². The Balaban J connectivity index is 1.33. The van der Waals surface area contributed by atoms with Crippen LogP contribution in [0.2, 0.25) is 0 Å². The fourth-order valence-electron chi connectivity index (χ4n) is 5.54. The number of ether oxygens (including phenoxy) is 2. The van der Waals surface area contributed by atoms with Crippen LogP contribution in [0.25, 0.3) is 10.2 Å². The fourth-order valence-corrected chi connectivity index (χ4v) is 6.82. The molecule has 0 saturated carbocycles. The minimum Gasteiger partial charge on any atom is -0.497 e. The summed E-state index contributed by atoms with van der Waals surface area (Å²) in [6, 6.07) is 8.60. The zero-order chi connectivity index (χ0) is 22.2. The summed E-state index contributed by atoms with van der Waals surface area (Å²) in [6.45, 7) is 6.40. The molecule has 2 aliphatic heterocycles. The molecule has 3 aliphatic rings. The van der Waals surface area contributed by atoms with Gasteiger partial charge in [0.2, 0.25) is 0 Å². The van der Waals surface area contributed by atoms with E-state index in [1.54, 1.807) is 12.0 Å². The van der Waals surface area contributed by atoms with Crippen molar-refractivity contribution in [1.29, 1.82) is 0 Å². The number of rotatable bonds is 5. The molecule has 0 spiro atoms. The smallest absolute Gasteiger partial charge is 0.146 e. The van der Waals surface area contributed by atoms with Crippen LogP contribution in [0, 0.1) is 0 Å². The summed E-state index contributed by atoms with van der Waals surface area (Å²) >= 11 is 1.92. The molecule has 3 aromatic rings. The van der Waals surface area contributed by atoms with Crippen LogP contribution in [0.3, 0.4) is 0 Å². The van der Waals surface area contributed by atoms with E-state index in [2.05, 4.69) is 34.1 Å². The highest BCUT2D eigenvalue weighted by Crippen LogP contribution is 2.42. The number of anilines is 1. The van der Waals surface area contributed by atoms with Gasteiger partial charge in [0.25, 0.3) is 0 Å². The van der Waals surface area contributed by atoms with Crippen LogP contribution in [0.4, 0.5) is 5.82 Å². The number of fused-ring (bicyclic) bond motifs is 3. The van der Waals surface area contributed by atoms with Crippen molar-refractivity contribution in [2.75, 3.05) is 51.4 Å². The lowest BCUT2D eigenvalue weighted by atomic mass is 9.97. The van der Waals surface area contributed by atoms with Gasteiger partial charge in [-0.25, -0.2) is 9.97 Å². The van der Waals surface area contributed by atoms with Crippen molar-refractivity contribution in [1.82, 2.24) is 14.9 Å². The van der Waals surface area contributed by atoms with Crippen LogP contribution in [0.15, 0.2) is 24.3 Å². The second kappa shape index (κ2) is 9.20. The lowest BCUT2D eigenvalue weighted by Crippen LogP contribution is -2.36. The van der Waals surface area contributed by atoms with Crippen molar-refractivity contribution >= 4 is 27.4 Å². The number of hydrogen-bond acceptors (Lipinski definition) is 7. The first-order valence-electron chi connectivity index (χ1n) is 12.3. The number of nitrogens with zero attached hydrogens (tertiary/aromatic N) is 4. The van der Waals surface area contributed by atoms with E-state index in [1.165, 1.54) is 52.8 Å². The molecule has 2 fully saturated rings. The van der Waals surface area contributed by atoms with Gasteiger partial charge >= 0.3 is 0 Å². The topological polar surface area (TPSA) is 50.7 Å². The maximum Gasteiger partial charge on any atom is 0.146 e. The lowest BCUT2D eigenvalue weighted by molar-refractivity contribution is 0.0331. The van der Waals surface area contributed by atoms with E-state index in [1.807, 2.05) is 11.3 Å². The minimum absolute atomic E-state index is 0.526. The van der Waals surface area contributed by atoms with Crippen LogP contribution < -0.4 is 9.64 Å². The zero-order valence-electron chi connectivity index (χ0n) is 19.4. The third-order valence-electron chi connectivity index (χ3n) is 7.39. The number of benzene rings is 1. The van der Waals surface area contributed by atoms with E-state index in [0.717, 1.165) is 63.9 Å². The Hall–Kier alpha value is -2.22. The Morgan fingerprint density at radius 3 is 2.70 bits per heavy atom. The Bertz CT molecular complexity index is 1120. The van der Waals surface area contributed by atoms with Crippen molar-refractivity contribution in [3.8, 4) is 5.75 Å². The molecule has 1 unspecified atom stereocenters. The number of methoxy groups -OCH3 is 1. The third-order valence-corrected chi connectivity index (χ3v) is 8.57. The molecule has 0 radical (unpaired) electrons. The van der Waals surface area contributed by atoms with Gasteiger partial charge in [-0.3, -0.25) is 4.90 Å². The highest BCUT2D eigenvalue weighted by Gasteiger charge is 2.30. The molecule has 1 aromatic carbocycles. The van der Waals surface area contributed by atoms with Crippen molar-refractivity contribution in [2.24, 2.45) is 0 Å². The van der Waals surface area contributed by atoms with Gasteiger partial charge in [0, 0.05) is 37.0 Å². The van der Waals surface area contributed by atoms with E-state index in [4.69, 9.17) is 19.4 Å². The minimum atomic E-state index is 0.526. The van der Waals surface area contributed by atoms with Gasteiger partial charge in [-0.1, -0.05) is 12.1 Å². The predicted molar refractivity (Wildman–Crippen MR) is 133 cm³/mol. The van der Waals surface area contributed by atoms with Gasteiger partial charge in [0.15, 0.2) is 0 Å². The molecule has 6 rings (SSSR count). The van der Waals surface area contributed by atoms with E-state index in [0.29, 0.717) is 5.92 Å². The quantitative estimate of drug-likeness (QED) is 0.558. The SMILES string of the molecule is COc1ccc(C2CCN(c3nc(CN4CCOCC4)nc4sc5c(c34)CCCC5)C2)cc1. The normalized spacial score (nSPS) is 21.5. The number of hydrogen-bond donors (Lipinski definition) is 0. The van der Waals surface area contributed by atoms with Crippen molar-refractivity contribution in [3.05, 3.63) is 46.1 Å². The molecule has 33 heavy (non-hydrogen) atoms. The molecule has 6 nitrogen and oxygen atoms in total. The Labute approximate surface area is 199 Å². The molecule has 4 heterocycles. The van der Waals surface area contributed by atoms with Gasteiger partial charge in [-0.05, 0) is 55.4 Å². The van der Waals surface area contributed by atoms with Gasteiger partial charge in [-0.2, -0.15) is 0 Å². The van der Waals surface area contributed by atoms with E-state index >= 15 is 0 Å². The lowest BCUT2D eigenvalue weighted by Gasteiger charge is -2.26. The van der Waals surface area contributed by atoms with Gasteiger partial charge < -0.3 is 14.4 Å². The highest BCUT2D eigenvalue weighted by molar-refractivity contribution is 7.19. The molecule has 0 amide bonds. The average molecular weight is 465 g/mol. The molecular weight excluding hydrogens is 432 g/mol. The summed E-state index contributed by atoms with van der Waals surface area (Å²) in [6.07, 6.45) is 6.10. The number of thiophene rings is 1. The van der Waals surface area contributed by atoms with E-state index < -0.39 is 0 Å². The molecule has 1 atom stereocenters. The maximum absolute atomic E-state index is 5.54. The largest absolute Gasteiger partial charge is 0.497 e. The second-order valence-electron chi connectivity index (χ2n) is 9.45. The van der Waals surface area contributed by atoms with Crippen LogP contribution in [0.5, 0.6) is 5.75 Å². The van der Waals surface area contributed by atoms with Crippen molar-refractivity contribution in [2.45, 2.75) is 44.6 Å². The summed E-state index contributed by atoms with van der Waals surface area (Å²) in [7, 11) is 1.72. The number of aromatic nitrogens is 2. The highest BCUT2D eigenvalue weighted by atomic mass is 32.1. The first-order valence-corrected chi connectivity index (χ1v) is 13.1. The maximum atomic E-state index is 5.54. The number of aryl methyl sites for hydroxylation is 2. The van der Waals surface area contributed by atoms with Gasteiger partial charge in [-0.15, -0.1) is 11.3 Å². The molecule has 0 N–H and O–H groups in total. The van der Waals surface area contributed by atoms with Crippen LogP contribution in [-0.4, -0.2) is 61.4 Å². The molecule has 1 aliphatic carbocycles. The molecule has 0 bridgehead atoms. The van der Waals surface area contributed by atoms with Crippen LogP contribution in [-0.2, 0) is 24.1 Å². The second-order valence-corrected chi connectivity index (χ2v) is 10.5. The zero-order valence-corrected chi connectivity index (χ0v) is 20.2. The Morgan fingerprint density at radius 1 is 1.06 bits per heavy atom. The first kappa shape index (κ1) is 21.3. The summed E-state index contributed by atoms with van der Waals surface area (Å²) in [5.74, 6) is 3.59. The van der Waals surface area contributed by atoms with Crippen LogP contribution in [0.1, 0.15) is 47.0 Å². The predicted octanol–water partition coefficient (Wildman–Crippen LogP) is 4.40. The molecule has 2 saturated heterocycles. The average Bonchev–Trinajstić information content (AvgIpc) is 3.49.